The standard InChI is InChI=1S/C14H17ClF3NO2S/c15-19-9-10-4-6-12(7-5-10)22(20,21)13-3-1-2-11(8-13)14(16,17)18/h1-3,8,10,12,19H,4-7,9H2. The second-order valence-electron chi connectivity index (χ2n) is 5.55. The van der Waals surface area contributed by atoms with Crippen molar-refractivity contribution in [1.82, 2.24) is 4.84 Å². The van der Waals surface area contributed by atoms with Gasteiger partial charge in [0.05, 0.1) is 15.7 Å². The van der Waals surface area contributed by atoms with E-state index >= 15 is 0 Å². The number of benzene rings is 1. The van der Waals surface area contributed by atoms with E-state index in [0.717, 1.165) is 18.2 Å². The van der Waals surface area contributed by atoms with E-state index in [1.165, 1.54) is 6.07 Å². The van der Waals surface area contributed by atoms with Crippen LogP contribution in [0.15, 0.2) is 29.2 Å². The van der Waals surface area contributed by atoms with Crippen LogP contribution < -0.4 is 4.84 Å². The molecule has 0 aromatic heterocycles. The van der Waals surface area contributed by atoms with E-state index < -0.39 is 26.8 Å². The third kappa shape index (κ3) is 3.94. The lowest BCUT2D eigenvalue weighted by molar-refractivity contribution is -0.137. The first kappa shape index (κ1) is 17.6. The highest BCUT2D eigenvalue weighted by molar-refractivity contribution is 7.92. The maximum absolute atomic E-state index is 12.7. The Balaban J connectivity index is 2.18. The Morgan fingerprint density at radius 2 is 1.82 bits per heavy atom. The molecular weight excluding hydrogens is 339 g/mol. The molecule has 0 unspecified atom stereocenters. The van der Waals surface area contributed by atoms with E-state index in [1.54, 1.807) is 0 Å². The summed E-state index contributed by atoms with van der Waals surface area (Å²) in [6, 6.07) is 3.97. The van der Waals surface area contributed by atoms with Crippen LogP contribution in [0.1, 0.15) is 31.2 Å². The Morgan fingerprint density at radius 3 is 2.36 bits per heavy atom. The largest absolute Gasteiger partial charge is 0.416 e. The predicted octanol–water partition coefficient (Wildman–Crippen LogP) is 3.78. The van der Waals surface area contributed by atoms with Gasteiger partial charge in [0.25, 0.3) is 0 Å². The van der Waals surface area contributed by atoms with E-state index in [1.807, 2.05) is 0 Å². The van der Waals surface area contributed by atoms with Gasteiger partial charge in [-0.1, -0.05) is 6.07 Å². The molecule has 0 amide bonds. The van der Waals surface area contributed by atoms with Crippen LogP contribution in [0, 0.1) is 5.92 Å². The summed E-state index contributed by atoms with van der Waals surface area (Å²) in [4.78, 5) is 2.30. The Labute approximate surface area is 132 Å². The predicted molar refractivity (Wildman–Crippen MR) is 78.2 cm³/mol. The molecule has 1 fully saturated rings. The Morgan fingerprint density at radius 1 is 1.18 bits per heavy atom. The highest BCUT2D eigenvalue weighted by atomic mass is 35.5. The monoisotopic (exact) mass is 355 g/mol. The third-order valence-electron chi connectivity index (χ3n) is 4.09. The lowest BCUT2D eigenvalue weighted by Gasteiger charge is -2.28. The maximum atomic E-state index is 12.7. The minimum atomic E-state index is -4.55. The van der Waals surface area contributed by atoms with Crippen LogP contribution >= 0.6 is 11.8 Å². The lowest BCUT2D eigenvalue weighted by Crippen LogP contribution is -2.30. The summed E-state index contributed by atoms with van der Waals surface area (Å²) in [6.45, 7) is 0.609. The molecule has 1 aromatic carbocycles. The molecule has 0 radical (unpaired) electrons. The van der Waals surface area contributed by atoms with Crippen molar-refractivity contribution in [3.63, 3.8) is 0 Å². The highest BCUT2D eigenvalue weighted by Gasteiger charge is 2.35. The van der Waals surface area contributed by atoms with Crippen LogP contribution in [0.3, 0.4) is 0 Å². The second-order valence-corrected chi connectivity index (χ2v) is 8.05. The normalized spacial score (nSPS) is 23.5. The van der Waals surface area contributed by atoms with Crippen molar-refractivity contribution in [1.29, 1.82) is 0 Å². The van der Waals surface area contributed by atoms with E-state index in [0.29, 0.717) is 38.1 Å². The fourth-order valence-electron chi connectivity index (χ4n) is 2.80. The zero-order valence-corrected chi connectivity index (χ0v) is 13.3. The average Bonchev–Trinajstić information content (AvgIpc) is 2.47. The fraction of sp³-hybridized carbons (Fsp3) is 0.571. The number of nitrogens with one attached hydrogen (secondary N) is 1. The van der Waals surface area contributed by atoms with E-state index in [4.69, 9.17) is 11.8 Å². The van der Waals surface area contributed by atoms with Gasteiger partial charge in [-0.2, -0.15) is 13.2 Å². The van der Waals surface area contributed by atoms with Gasteiger partial charge in [0.2, 0.25) is 0 Å². The molecule has 8 heteroatoms. The molecule has 0 saturated heterocycles. The molecular formula is C14H17ClF3NO2S. The van der Waals surface area contributed by atoms with Crippen molar-refractivity contribution in [3.05, 3.63) is 29.8 Å². The van der Waals surface area contributed by atoms with Gasteiger partial charge in [-0.3, -0.25) is 0 Å². The van der Waals surface area contributed by atoms with E-state index in [2.05, 4.69) is 4.84 Å². The van der Waals surface area contributed by atoms with Gasteiger partial charge in [-0.15, -0.1) is 0 Å². The van der Waals surface area contributed by atoms with Crippen molar-refractivity contribution >= 4 is 21.6 Å². The molecule has 1 N–H and O–H groups in total. The van der Waals surface area contributed by atoms with Crippen molar-refractivity contribution in [2.24, 2.45) is 5.92 Å². The van der Waals surface area contributed by atoms with Crippen LogP contribution in [0.4, 0.5) is 13.2 Å². The van der Waals surface area contributed by atoms with Gasteiger partial charge in [0, 0.05) is 6.54 Å². The van der Waals surface area contributed by atoms with Gasteiger partial charge in [0.15, 0.2) is 9.84 Å². The minimum absolute atomic E-state index is 0.249. The van der Waals surface area contributed by atoms with Crippen LogP contribution in [0.2, 0.25) is 0 Å². The van der Waals surface area contributed by atoms with E-state index in [9.17, 15) is 21.6 Å². The Hall–Kier alpha value is -0.790. The summed E-state index contributed by atoms with van der Waals surface area (Å²) in [5.74, 6) is 0.311. The van der Waals surface area contributed by atoms with Crippen molar-refractivity contribution in [2.45, 2.75) is 42.0 Å². The van der Waals surface area contributed by atoms with Crippen LogP contribution in [0.5, 0.6) is 0 Å². The average molecular weight is 356 g/mol. The summed E-state index contributed by atoms with van der Waals surface area (Å²) >= 11 is 5.44. The summed E-state index contributed by atoms with van der Waals surface area (Å²) in [5.41, 5.74) is -0.936. The van der Waals surface area contributed by atoms with Crippen molar-refractivity contribution < 1.29 is 21.6 Å². The number of rotatable bonds is 4. The maximum Gasteiger partial charge on any atom is 0.416 e. The number of hydrogen-bond donors (Lipinski definition) is 1. The van der Waals surface area contributed by atoms with Gasteiger partial charge in [-0.25, -0.2) is 13.3 Å². The lowest BCUT2D eigenvalue weighted by atomic mass is 9.89. The molecule has 124 valence electrons. The smallest absolute Gasteiger partial charge is 0.233 e. The zero-order chi connectivity index (χ0) is 16.4. The second kappa shape index (κ2) is 6.76. The molecule has 1 aliphatic carbocycles. The molecule has 0 aliphatic heterocycles. The summed E-state index contributed by atoms with van der Waals surface area (Å²) < 4.78 is 63.2. The molecule has 1 saturated carbocycles. The van der Waals surface area contributed by atoms with Crippen molar-refractivity contribution in [2.75, 3.05) is 6.54 Å². The number of halogens is 4. The molecule has 22 heavy (non-hydrogen) atoms. The zero-order valence-electron chi connectivity index (χ0n) is 11.7. The summed E-state index contributed by atoms with van der Waals surface area (Å²) in [6.07, 6.45) is -2.26. The van der Waals surface area contributed by atoms with Crippen LogP contribution in [0.25, 0.3) is 0 Å². The number of sulfone groups is 1. The molecule has 1 aromatic rings. The SMILES string of the molecule is O=S(=O)(c1cccc(C(F)(F)F)c1)C1CCC(CNCl)CC1. The molecule has 0 spiro atoms. The van der Waals surface area contributed by atoms with Crippen LogP contribution in [-0.2, 0) is 16.0 Å². The number of hydrogen-bond acceptors (Lipinski definition) is 3. The Bertz CT molecular complexity index is 611. The van der Waals surface area contributed by atoms with Crippen molar-refractivity contribution in [3.8, 4) is 0 Å². The quantitative estimate of drug-likeness (QED) is 0.836. The molecule has 0 heterocycles. The highest BCUT2D eigenvalue weighted by Crippen LogP contribution is 2.34. The summed E-state index contributed by atoms with van der Waals surface area (Å²) in [5, 5.41) is -0.623. The van der Waals surface area contributed by atoms with Gasteiger partial charge in [0.1, 0.15) is 0 Å². The fourth-order valence-corrected chi connectivity index (χ4v) is 4.85. The summed E-state index contributed by atoms with van der Waals surface area (Å²) in [7, 11) is -3.74. The first-order valence-corrected chi connectivity index (χ1v) is 8.92. The third-order valence-corrected chi connectivity index (χ3v) is 6.50. The van der Waals surface area contributed by atoms with Gasteiger partial charge < -0.3 is 0 Å². The van der Waals surface area contributed by atoms with Gasteiger partial charge in [-0.05, 0) is 61.6 Å². The van der Waals surface area contributed by atoms with Gasteiger partial charge >= 0.3 is 6.18 Å². The first-order chi connectivity index (χ1) is 10.2. The molecule has 1 aliphatic rings. The Kier molecular flexibility index (Phi) is 5.40. The first-order valence-electron chi connectivity index (χ1n) is 7.00. The topological polar surface area (TPSA) is 46.2 Å². The molecule has 0 atom stereocenters. The molecule has 0 bridgehead atoms. The molecule has 3 nitrogen and oxygen atoms in total. The minimum Gasteiger partial charge on any atom is -0.233 e. The van der Waals surface area contributed by atoms with E-state index in [-0.39, 0.29) is 4.90 Å². The number of alkyl halides is 3. The molecule has 2 rings (SSSR count). The van der Waals surface area contributed by atoms with Crippen LogP contribution in [-0.4, -0.2) is 20.2 Å².